The Bertz CT molecular complexity index is 951. The molecule has 1 N–H and O–H groups in total. The smallest absolute Gasteiger partial charge is 0.309 e. The number of fused-ring (bicyclic) bond motifs is 7. The maximum atomic E-state index is 13.0. The first-order valence-corrected chi connectivity index (χ1v) is 14.2. The van der Waals surface area contributed by atoms with Gasteiger partial charge in [0.15, 0.2) is 5.78 Å². The quantitative estimate of drug-likeness (QED) is 0.432. The fourth-order valence-electron chi connectivity index (χ4n) is 11.2. The van der Waals surface area contributed by atoms with Crippen LogP contribution in [-0.4, -0.2) is 16.9 Å². The van der Waals surface area contributed by atoms with Crippen LogP contribution in [0.3, 0.4) is 0 Å². The first-order chi connectivity index (χ1) is 15.7. The maximum absolute atomic E-state index is 13.0. The maximum Gasteiger partial charge on any atom is 0.309 e. The average molecular weight is 489 g/mol. The number of hydrogen-bond acceptors (Lipinski definition) is 2. The molecule has 9 atom stereocenters. The van der Waals surface area contributed by atoms with Crippen molar-refractivity contribution in [1.29, 1.82) is 0 Å². The fourth-order valence-corrected chi connectivity index (χ4v) is 11.7. The minimum Gasteiger partial charge on any atom is -0.481 e. The van der Waals surface area contributed by atoms with Gasteiger partial charge in [0, 0.05) is 5.41 Å². The number of aliphatic carboxylic acids is 1. The molecule has 0 spiro atoms. The number of carboxylic acid groups (broad SMARTS) is 1. The highest BCUT2D eigenvalue weighted by Gasteiger charge is 2.72. The highest BCUT2D eigenvalue weighted by molar-refractivity contribution is 6.43. The molecule has 0 aliphatic heterocycles. The van der Waals surface area contributed by atoms with Crippen molar-refractivity contribution in [3.8, 4) is 0 Å². The van der Waals surface area contributed by atoms with Crippen LogP contribution in [0.25, 0.3) is 0 Å². The van der Waals surface area contributed by atoms with Gasteiger partial charge in [-0.05, 0) is 103 Å². The average Bonchev–Trinajstić information content (AvgIpc) is 3.14. The number of hydrogen-bond donors (Lipinski definition) is 1. The van der Waals surface area contributed by atoms with Crippen LogP contribution < -0.4 is 0 Å². The summed E-state index contributed by atoms with van der Waals surface area (Å²) >= 11 is 6.64. The van der Waals surface area contributed by atoms with Gasteiger partial charge in [0.05, 0.1) is 10.4 Å². The number of halogens is 1. The molecule has 0 aromatic heterocycles. The molecule has 34 heavy (non-hydrogen) atoms. The molecule has 5 rings (SSSR count). The zero-order valence-electron chi connectivity index (χ0n) is 22.3. The Balaban J connectivity index is 1.60. The Labute approximate surface area is 211 Å². The molecule has 5 aliphatic rings. The highest BCUT2D eigenvalue weighted by Crippen LogP contribution is 2.77. The van der Waals surface area contributed by atoms with Crippen LogP contribution >= 0.6 is 11.6 Å². The monoisotopic (exact) mass is 488 g/mol. The highest BCUT2D eigenvalue weighted by atomic mass is 35.5. The molecule has 0 aromatic rings. The van der Waals surface area contributed by atoms with Gasteiger partial charge >= 0.3 is 5.97 Å². The van der Waals surface area contributed by atoms with E-state index < -0.39 is 16.8 Å². The summed E-state index contributed by atoms with van der Waals surface area (Å²) in [5.41, 5.74) is -0.800. The molecule has 4 saturated carbocycles. The minimum atomic E-state index is -0.534. The van der Waals surface area contributed by atoms with E-state index in [9.17, 15) is 14.7 Å². The summed E-state index contributed by atoms with van der Waals surface area (Å²) in [7, 11) is 0. The minimum absolute atomic E-state index is 0.0933. The van der Waals surface area contributed by atoms with Crippen molar-refractivity contribution >= 4 is 23.4 Å². The third kappa shape index (κ3) is 2.77. The van der Waals surface area contributed by atoms with E-state index in [4.69, 9.17) is 11.6 Å². The predicted octanol–water partition coefficient (Wildman–Crippen LogP) is 7.72. The number of Topliss-reactive ketones (excluding diaryl/α,β-unsaturated/α-hetero) is 1. The van der Waals surface area contributed by atoms with Gasteiger partial charge in [-0.25, -0.2) is 0 Å². The summed E-state index contributed by atoms with van der Waals surface area (Å²) in [5.74, 6) is 2.14. The lowest BCUT2D eigenvalue weighted by atomic mass is 9.33. The van der Waals surface area contributed by atoms with Gasteiger partial charge in [-0.3, -0.25) is 9.59 Å². The largest absolute Gasteiger partial charge is 0.481 e. The molecule has 5 aliphatic carbocycles. The van der Waals surface area contributed by atoms with Gasteiger partial charge in [0.25, 0.3) is 0 Å². The summed E-state index contributed by atoms with van der Waals surface area (Å²) in [5, 5.41) is 11.0. The zero-order valence-corrected chi connectivity index (χ0v) is 23.1. The molecule has 0 saturated heterocycles. The molecule has 3 nitrogen and oxygen atoms in total. The molecular weight excluding hydrogens is 444 g/mol. The third-order valence-electron chi connectivity index (χ3n) is 13.1. The molecule has 0 radical (unpaired) electrons. The van der Waals surface area contributed by atoms with Gasteiger partial charge in [-0.2, -0.15) is 0 Å². The van der Waals surface area contributed by atoms with Crippen LogP contribution in [0.1, 0.15) is 99.8 Å². The Morgan fingerprint density at radius 2 is 1.62 bits per heavy atom. The molecule has 4 fully saturated rings. The van der Waals surface area contributed by atoms with Gasteiger partial charge in [0.1, 0.15) is 0 Å². The van der Waals surface area contributed by atoms with Crippen molar-refractivity contribution in [3.63, 3.8) is 0 Å². The van der Waals surface area contributed by atoms with Crippen molar-refractivity contribution in [2.75, 3.05) is 0 Å². The van der Waals surface area contributed by atoms with Crippen LogP contribution in [0.15, 0.2) is 11.1 Å². The van der Waals surface area contributed by atoms with Crippen LogP contribution in [0.2, 0.25) is 0 Å². The SMILES string of the molecule is CC(C)[C@@H]1CC[C@]2(C(=O)O)CC[C@]3(C)C(CC[C@@H]4[C@@]5(C)C=C(Cl)C(=O)C(C)(C)C5CC[C@]43C)C12. The van der Waals surface area contributed by atoms with Gasteiger partial charge in [-0.1, -0.05) is 66.1 Å². The Hall–Kier alpha value is -0.830. The van der Waals surface area contributed by atoms with Gasteiger partial charge < -0.3 is 5.11 Å². The van der Waals surface area contributed by atoms with Crippen LogP contribution in [0.5, 0.6) is 0 Å². The topological polar surface area (TPSA) is 54.4 Å². The molecule has 0 bridgehead atoms. The van der Waals surface area contributed by atoms with Crippen LogP contribution in [0, 0.1) is 62.6 Å². The number of carbonyl (C=O) groups excluding carboxylic acids is 1. The first-order valence-electron chi connectivity index (χ1n) is 13.8. The van der Waals surface area contributed by atoms with Crippen molar-refractivity contribution in [2.45, 2.75) is 99.8 Å². The second-order valence-electron chi connectivity index (χ2n) is 14.5. The number of ketones is 1. The van der Waals surface area contributed by atoms with Crippen molar-refractivity contribution in [3.05, 3.63) is 11.1 Å². The van der Waals surface area contributed by atoms with E-state index in [1.54, 1.807) is 0 Å². The molecule has 0 amide bonds. The Kier molecular flexibility index (Phi) is 5.38. The predicted molar refractivity (Wildman–Crippen MR) is 136 cm³/mol. The van der Waals surface area contributed by atoms with Crippen LogP contribution in [-0.2, 0) is 9.59 Å². The summed E-state index contributed by atoms with van der Waals surface area (Å²) in [6.45, 7) is 16.3. The van der Waals surface area contributed by atoms with E-state index in [0.29, 0.717) is 34.6 Å². The molecule has 0 aromatic carbocycles. The molecule has 3 unspecified atom stereocenters. The Morgan fingerprint density at radius 3 is 2.24 bits per heavy atom. The summed E-state index contributed by atoms with van der Waals surface area (Å²) in [6.07, 6.45) is 10.3. The second kappa shape index (κ2) is 7.36. The van der Waals surface area contributed by atoms with E-state index in [1.165, 1.54) is 0 Å². The third-order valence-corrected chi connectivity index (χ3v) is 13.3. The fraction of sp³-hybridized carbons (Fsp3) is 0.867. The molecular formula is C30H45ClO3. The van der Waals surface area contributed by atoms with Gasteiger partial charge in [-0.15, -0.1) is 0 Å². The summed E-state index contributed by atoms with van der Waals surface area (Å²) < 4.78 is 0. The van der Waals surface area contributed by atoms with E-state index in [0.717, 1.165) is 51.4 Å². The van der Waals surface area contributed by atoms with E-state index in [2.05, 4.69) is 54.5 Å². The summed E-state index contributed by atoms with van der Waals surface area (Å²) in [4.78, 5) is 25.8. The second-order valence-corrected chi connectivity index (χ2v) is 14.9. The number of rotatable bonds is 2. The zero-order chi connectivity index (χ0) is 25.1. The standard InChI is InChI=1S/C30H45ClO3/c1-17(2)18-10-13-30(25(33)34)15-14-28(6)19(23(18)30)8-9-22-27(5)16-20(31)24(32)26(3,4)21(27)11-12-29(22,28)7/h16-19,21-23H,8-15H2,1-7H3,(H,33,34)/t18-,19?,21?,22+,23?,27-,28+,29+,30-/m0/s1. The number of carbonyl (C=O) groups is 2. The Morgan fingerprint density at radius 1 is 0.941 bits per heavy atom. The lowest BCUT2D eigenvalue weighted by Crippen LogP contribution is -2.66. The molecule has 0 heterocycles. The lowest BCUT2D eigenvalue weighted by molar-refractivity contribution is -0.223. The molecule has 4 heteroatoms. The van der Waals surface area contributed by atoms with Crippen molar-refractivity contribution in [2.24, 2.45) is 62.6 Å². The lowest BCUT2D eigenvalue weighted by Gasteiger charge is -2.71. The molecule has 190 valence electrons. The van der Waals surface area contributed by atoms with E-state index in [1.807, 2.05) is 0 Å². The van der Waals surface area contributed by atoms with E-state index in [-0.39, 0.29) is 27.9 Å². The number of allylic oxidation sites excluding steroid dienone is 2. The first kappa shape index (κ1) is 24.8. The summed E-state index contributed by atoms with van der Waals surface area (Å²) in [6, 6.07) is 0. The van der Waals surface area contributed by atoms with Crippen molar-refractivity contribution < 1.29 is 14.7 Å². The number of carboxylic acids is 1. The van der Waals surface area contributed by atoms with E-state index >= 15 is 0 Å². The van der Waals surface area contributed by atoms with Crippen LogP contribution in [0.4, 0.5) is 0 Å². The van der Waals surface area contributed by atoms with Crippen molar-refractivity contribution in [1.82, 2.24) is 0 Å². The van der Waals surface area contributed by atoms with Gasteiger partial charge in [0.2, 0.25) is 0 Å². The normalized spacial score (nSPS) is 51.7.